The fraction of sp³-hybridized carbons (Fsp3) is 0.250. The van der Waals surface area contributed by atoms with E-state index in [0.29, 0.717) is 18.0 Å². The average molecular weight is 289 g/mol. The van der Waals surface area contributed by atoms with Gasteiger partial charge >= 0.3 is 0 Å². The molecule has 2 aromatic rings. The molecule has 0 radical (unpaired) electrons. The summed E-state index contributed by atoms with van der Waals surface area (Å²) in [6.07, 6.45) is 0. The Morgan fingerprint density at radius 2 is 1.71 bits per heavy atom. The van der Waals surface area contributed by atoms with Crippen molar-refractivity contribution >= 4 is 5.69 Å². The van der Waals surface area contributed by atoms with Crippen LogP contribution in [0.2, 0.25) is 0 Å². The molecule has 2 rings (SSSR count). The number of hydrogen-bond acceptors (Lipinski definition) is 5. The van der Waals surface area contributed by atoms with Crippen molar-refractivity contribution in [3.8, 4) is 23.0 Å². The summed E-state index contributed by atoms with van der Waals surface area (Å²) in [6.45, 7) is 0.437. The normalized spacial score (nSPS) is 10.0. The summed E-state index contributed by atoms with van der Waals surface area (Å²) in [6, 6.07) is 10.9. The molecule has 0 aliphatic carbocycles. The fourth-order valence-electron chi connectivity index (χ4n) is 2.02. The summed E-state index contributed by atoms with van der Waals surface area (Å²) in [4.78, 5) is 0. The van der Waals surface area contributed by atoms with E-state index in [4.69, 9.17) is 14.2 Å². The predicted molar refractivity (Wildman–Crippen MR) is 81.5 cm³/mol. The Bertz CT molecular complexity index is 613. The van der Waals surface area contributed by atoms with E-state index in [-0.39, 0.29) is 5.75 Å². The summed E-state index contributed by atoms with van der Waals surface area (Å²) >= 11 is 0. The number of aromatic hydroxyl groups is 1. The Kier molecular flexibility index (Phi) is 4.77. The van der Waals surface area contributed by atoms with Crippen LogP contribution in [0.1, 0.15) is 5.56 Å². The van der Waals surface area contributed by atoms with E-state index in [9.17, 15) is 5.11 Å². The molecule has 0 saturated carbocycles. The van der Waals surface area contributed by atoms with Crippen molar-refractivity contribution in [3.05, 3.63) is 42.0 Å². The molecule has 5 nitrogen and oxygen atoms in total. The first-order valence-electron chi connectivity index (χ1n) is 6.50. The lowest BCUT2D eigenvalue weighted by molar-refractivity contribution is 0.371. The number of para-hydroxylation sites is 1. The summed E-state index contributed by atoms with van der Waals surface area (Å²) < 4.78 is 15.6. The maximum Gasteiger partial charge on any atom is 0.162 e. The number of phenolic OH excluding ortho intramolecular Hbond substituents is 1. The second kappa shape index (κ2) is 6.74. The van der Waals surface area contributed by atoms with Crippen LogP contribution in [0.4, 0.5) is 5.69 Å². The zero-order chi connectivity index (χ0) is 15.2. The Morgan fingerprint density at radius 1 is 0.952 bits per heavy atom. The smallest absolute Gasteiger partial charge is 0.162 e. The van der Waals surface area contributed by atoms with Gasteiger partial charge in [-0.05, 0) is 18.2 Å². The van der Waals surface area contributed by atoms with Gasteiger partial charge in [-0.25, -0.2) is 0 Å². The molecule has 112 valence electrons. The highest BCUT2D eigenvalue weighted by molar-refractivity contribution is 5.60. The van der Waals surface area contributed by atoms with Gasteiger partial charge in [-0.1, -0.05) is 12.1 Å². The van der Waals surface area contributed by atoms with E-state index in [0.717, 1.165) is 17.0 Å². The maximum atomic E-state index is 10.1. The van der Waals surface area contributed by atoms with E-state index in [1.165, 1.54) is 7.11 Å². The highest BCUT2D eigenvalue weighted by Gasteiger charge is 2.09. The minimum Gasteiger partial charge on any atom is -0.504 e. The van der Waals surface area contributed by atoms with Gasteiger partial charge < -0.3 is 24.6 Å². The highest BCUT2D eigenvalue weighted by Crippen LogP contribution is 2.32. The van der Waals surface area contributed by atoms with Gasteiger partial charge in [0.15, 0.2) is 11.5 Å². The number of nitrogens with one attached hydrogen (secondary N) is 1. The molecule has 0 saturated heterocycles. The van der Waals surface area contributed by atoms with Crippen LogP contribution in [0, 0.1) is 0 Å². The van der Waals surface area contributed by atoms with Crippen molar-refractivity contribution in [2.75, 3.05) is 26.6 Å². The lowest BCUT2D eigenvalue weighted by Crippen LogP contribution is -2.02. The van der Waals surface area contributed by atoms with Crippen molar-refractivity contribution < 1.29 is 19.3 Å². The minimum atomic E-state index is 0.134. The second-order valence-electron chi connectivity index (χ2n) is 4.39. The molecule has 0 aromatic heterocycles. The first-order chi connectivity index (χ1) is 10.2. The molecular formula is C16H19NO4. The molecule has 0 amide bonds. The summed E-state index contributed by atoms with van der Waals surface area (Å²) in [5.41, 5.74) is 1.53. The van der Waals surface area contributed by atoms with Gasteiger partial charge in [0, 0.05) is 18.2 Å². The number of methoxy groups -OCH3 is 3. The molecule has 0 fully saturated rings. The first kappa shape index (κ1) is 14.8. The van der Waals surface area contributed by atoms with Gasteiger partial charge in [-0.2, -0.15) is 0 Å². The predicted octanol–water partition coefficient (Wildman–Crippen LogP) is 3.03. The lowest BCUT2D eigenvalue weighted by Gasteiger charge is -2.14. The average Bonchev–Trinajstić information content (AvgIpc) is 2.53. The first-order valence-corrected chi connectivity index (χ1v) is 6.50. The highest BCUT2D eigenvalue weighted by atomic mass is 16.5. The van der Waals surface area contributed by atoms with Gasteiger partial charge in [0.1, 0.15) is 11.5 Å². The zero-order valence-electron chi connectivity index (χ0n) is 12.3. The molecule has 2 aromatic carbocycles. The van der Waals surface area contributed by atoms with Crippen LogP contribution in [0.3, 0.4) is 0 Å². The third-order valence-corrected chi connectivity index (χ3v) is 3.18. The lowest BCUT2D eigenvalue weighted by atomic mass is 10.1. The number of anilines is 1. The SMILES string of the molecule is COc1ccc(OC)c(NCc2cccc(OC)c2O)c1. The monoisotopic (exact) mass is 289 g/mol. The molecule has 5 heteroatoms. The maximum absolute atomic E-state index is 10.1. The Balaban J connectivity index is 2.20. The molecule has 0 heterocycles. The van der Waals surface area contributed by atoms with E-state index in [1.54, 1.807) is 20.3 Å². The second-order valence-corrected chi connectivity index (χ2v) is 4.39. The molecular weight excluding hydrogens is 270 g/mol. The van der Waals surface area contributed by atoms with E-state index in [1.807, 2.05) is 30.3 Å². The van der Waals surface area contributed by atoms with Crippen molar-refractivity contribution in [2.24, 2.45) is 0 Å². The number of hydrogen-bond donors (Lipinski definition) is 2. The third-order valence-electron chi connectivity index (χ3n) is 3.18. The van der Waals surface area contributed by atoms with Gasteiger partial charge in [0.05, 0.1) is 27.0 Å². The molecule has 0 aliphatic rings. The van der Waals surface area contributed by atoms with Crippen molar-refractivity contribution in [2.45, 2.75) is 6.54 Å². The van der Waals surface area contributed by atoms with Crippen LogP contribution in [0.5, 0.6) is 23.0 Å². The van der Waals surface area contributed by atoms with Crippen LogP contribution in [0.15, 0.2) is 36.4 Å². The van der Waals surface area contributed by atoms with Crippen LogP contribution in [-0.2, 0) is 6.54 Å². The van der Waals surface area contributed by atoms with Crippen molar-refractivity contribution in [1.82, 2.24) is 0 Å². The minimum absolute atomic E-state index is 0.134. The molecule has 2 N–H and O–H groups in total. The van der Waals surface area contributed by atoms with Gasteiger partial charge in [0.25, 0.3) is 0 Å². The number of phenols is 1. The zero-order valence-corrected chi connectivity index (χ0v) is 12.3. The Labute approximate surface area is 124 Å². The fourth-order valence-corrected chi connectivity index (χ4v) is 2.02. The Hall–Kier alpha value is -2.56. The van der Waals surface area contributed by atoms with Gasteiger partial charge in [-0.3, -0.25) is 0 Å². The number of benzene rings is 2. The summed E-state index contributed by atoms with van der Waals surface area (Å²) in [5.74, 6) is 2.02. The molecule has 0 aliphatic heterocycles. The van der Waals surface area contributed by atoms with Crippen LogP contribution in [0.25, 0.3) is 0 Å². The standard InChI is InChI=1S/C16H19NO4/c1-19-12-7-8-14(20-2)13(9-12)17-10-11-5-4-6-15(21-3)16(11)18/h4-9,17-18H,10H2,1-3H3. The van der Waals surface area contributed by atoms with E-state index < -0.39 is 0 Å². The topological polar surface area (TPSA) is 60.0 Å². The van der Waals surface area contributed by atoms with E-state index >= 15 is 0 Å². The molecule has 0 unspecified atom stereocenters. The van der Waals surface area contributed by atoms with Gasteiger partial charge in [-0.15, -0.1) is 0 Å². The Morgan fingerprint density at radius 3 is 2.38 bits per heavy atom. The molecule has 0 atom stereocenters. The van der Waals surface area contributed by atoms with Crippen LogP contribution < -0.4 is 19.5 Å². The molecule has 0 spiro atoms. The quantitative estimate of drug-likeness (QED) is 0.856. The molecule has 0 bridgehead atoms. The molecule has 21 heavy (non-hydrogen) atoms. The van der Waals surface area contributed by atoms with Crippen LogP contribution in [-0.4, -0.2) is 26.4 Å². The van der Waals surface area contributed by atoms with Crippen molar-refractivity contribution in [3.63, 3.8) is 0 Å². The number of ether oxygens (including phenoxy) is 3. The van der Waals surface area contributed by atoms with Crippen LogP contribution >= 0.6 is 0 Å². The number of rotatable bonds is 6. The largest absolute Gasteiger partial charge is 0.504 e. The summed E-state index contributed by atoms with van der Waals surface area (Å²) in [5, 5.41) is 13.3. The third kappa shape index (κ3) is 3.31. The summed E-state index contributed by atoms with van der Waals surface area (Å²) in [7, 11) is 4.74. The van der Waals surface area contributed by atoms with Gasteiger partial charge in [0.2, 0.25) is 0 Å². The van der Waals surface area contributed by atoms with Crippen molar-refractivity contribution in [1.29, 1.82) is 0 Å². The van der Waals surface area contributed by atoms with E-state index in [2.05, 4.69) is 5.32 Å².